The predicted molar refractivity (Wildman–Crippen MR) is 59.1 cm³/mol. The third kappa shape index (κ3) is 3.58. The first-order chi connectivity index (χ1) is 6.72. The summed E-state index contributed by atoms with van der Waals surface area (Å²) in [5, 5.41) is 5.80. The minimum absolute atomic E-state index is 0.335. The molecule has 0 saturated heterocycles. The van der Waals surface area contributed by atoms with Crippen LogP contribution in [0.1, 0.15) is 5.56 Å². The van der Waals surface area contributed by atoms with Gasteiger partial charge in [-0.05, 0) is 17.7 Å². The van der Waals surface area contributed by atoms with Crippen LogP contribution in [0, 0.1) is 4.91 Å². The molecule has 0 atom stereocenters. The molecule has 5 heteroatoms. The number of hydrogen-bond acceptors (Lipinski definition) is 2. The van der Waals surface area contributed by atoms with Gasteiger partial charge in [-0.25, -0.2) is 0 Å². The zero-order valence-electron chi connectivity index (χ0n) is 7.05. The molecule has 70 valence electrons. The molecule has 0 N–H and O–H groups in total. The zero-order valence-corrected chi connectivity index (χ0v) is 8.63. The second-order valence-electron chi connectivity index (χ2n) is 2.36. The lowest BCUT2D eigenvalue weighted by atomic mass is 10.2. The Labute approximate surface area is 91.3 Å². The van der Waals surface area contributed by atoms with Gasteiger partial charge in [0.05, 0.1) is 4.91 Å². The fraction of sp³-hybridized carbons (Fsp3) is 0. The summed E-state index contributed by atoms with van der Waals surface area (Å²) in [7, 11) is 0. The molecule has 0 radical (unpaired) electrons. The van der Waals surface area contributed by atoms with E-state index in [4.69, 9.17) is 11.6 Å². The number of isothiocyanates is 1. The van der Waals surface area contributed by atoms with E-state index in [1.807, 2.05) is 5.16 Å². The Kier molecular flexibility index (Phi) is 4.13. The van der Waals surface area contributed by atoms with Gasteiger partial charge >= 0.3 is 0 Å². The third-order valence-corrected chi connectivity index (χ3v) is 1.74. The van der Waals surface area contributed by atoms with Crippen molar-refractivity contribution >= 4 is 35.1 Å². The number of thiocarbonyl (C=S) groups is 1. The summed E-state index contributed by atoms with van der Waals surface area (Å²) in [5.74, 6) is 0. The largest absolute Gasteiger partial charge is 0.261 e. The van der Waals surface area contributed by atoms with Crippen LogP contribution in [0.5, 0.6) is 0 Å². The number of hydrazone groups is 1. The smallest absolute Gasteiger partial charge is 0.0843 e. The Bertz CT molecular complexity index is 407. The van der Waals surface area contributed by atoms with Crippen LogP contribution < -0.4 is 0 Å². The van der Waals surface area contributed by atoms with Gasteiger partial charge in [-0.3, -0.25) is 0 Å². The molecule has 14 heavy (non-hydrogen) atoms. The molecule has 0 aliphatic carbocycles. The average molecular weight is 226 g/mol. The van der Waals surface area contributed by atoms with Gasteiger partial charge < -0.3 is 0 Å². The Hall–Kier alpha value is -1.35. The number of rotatable bonds is 3. The van der Waals surface area contributed by atoms with Crippen LogP contribution in [0.4, 0.5) is 0 Å². The summed E-state index contributed by atoms with van der Waals surface area (Å²) in [6, 6.07) is 7.04. The molecule has 0 fully saturated rings. The van der Waals surface area contributed by atoms with Crippen LogP contribution in [0.3, 0.4) is 0 Å². The first-order valence-corrected chi connectivity index (χ1v) is 4.49. The van der Waals surface area contributed by atoms with E-state index in [1.54, 1.807) is 30.3 Å². The third-order valence-electron chi connectivity index (χ3n) is 1.40. The summed E-state index contributed by atoms with van der Waals surface area (Å²) in [6.45, 7) is 0. The highest BCUT2D eigenvalue weighted by Gasteiger charge is 1.97. The molecule has 0 heterocycles. The topological polar surface area (TPSA) is 32.4 Å². The summed E-state index contributed by atoms with van der Waals surface area (Å²) in [5.41, 5.74) is 0.856. The zero-order chi connectivity index (χ0) is 10.4. The van der Waals surface area contributed by atoms with Crippen LogP contribution >= 0.6 is 23.8 Å². The highest BCUT2D eigenvalue weighted by Crippen LogP contribution is 2.10. The molecule has 1 rings (SSSR count). The van der Waals surface area contributed by atoms with E-state index in [0.717, 1.165) is 5.56 Å². The molecule has 0 bridgehead atoms. The Morgan fingerprint density at radius 1 is 1.43 bits per heavy atom. The number of halogens is 1. The van der Waals surface area contributed by atoms with Gasteiger partial charge in [0, 0.05) is 23.3 Å². The minimum Gasteiger partial charge on any atom is -0.0843 e. The minimum atomic E-state index is 0.335. The number of benzene rings is 1. The summed E-state index contributed by atoms with van der Waals surface area (Å²) >= 11 is 9.95. The fourth-order valence-electron chi connectivity index (χ4n) is 0.797. The average Bonchev–Trinajstić information content (AvgIpc) is 2.17. The predicted octanol–water partition coefficient (Wildman–Crippen LogP) is 3.11. The van der Waals surface area contributed by atoms with Crippen molar-refractivity contribution < 1.29 is 4.87 Å². The van der Waals surface area contributed by atoms with E-state index in [-0.39, 0.29) is 0 Å². The lowest BCUT2D eigenvalue weighted by molar-refractivity contribution is -0.481. The van der Waals surface area contributed by atoms with Crippen LogP contribution in [-0.4, -0.2) is 10.0 Å². The first-order valence-electron chi connectivity index (χ1n) is 3.70. The second kappa shape index (κ2) is 5.40. The monoisotopic (exact) mass is 225 g/mol. The molecule has 0 saturated carbocycles. The molecule has 0 aromatic heterocycles. The maximum Gasteiger partial charge on any atom is 0.261 e. The highest BCUT2D eigenvalue weighted by molar-refractivity contribution is 7.78. The Morgan fingerprint density at radius 2 is 2.07 bits per heavy atom. The van der Waals surface area contributed by atoms with Crippen molar-refractivity contribution in [2.45, 2.75) is 0 Å². The standard InChI is InChI=1S/C9H6ClN2OS/c10-9-3-1-8(2-4-9)5-6-12(13)11-7-14/h1-6H/q+1/b6-5+. The van der Waals surface area contributed by atoms with Crippen molar-refractivity contribution in [3.63, 3.8) is 0 Å². The van der Waals surface area contributed by atoms with Crippen molar-refractivity contribution in [2.24, 2.45) is 5.10 Å². The van der Waals surface area contributed by atoms with E-state index in [1.165, 1.54) is 6.20 Å². The van der Waals surface area contributed by atoms with E-state index in [0.29, 0.717) is 9.89 Å². The van der Waals surface area contributed by atoms with Crippen LogP contribution in [-0.2, 0) is 0 Å². The molecule has 0 aliphatic heterocycles. The summed E-state index contributed by atoms with van der Waals surface area (Å²) < 4.78 is 0. The van der Waals surface area contributed by atoms with Crippen molar-refractivity contribution in [3.8, 4) is 0 Å². The van der Waals surface area contributed by atoms with E-state index < -0.39 is 0 Å². The van der Waals surface area contributed by atoms with Gasteiger partial charge in [0.25, 0.3) is 6.20 Å². The van der Waals surface area contributed by atoms with Crippen LogP contribution in [0.15, 0.2) is 35.6 Å². The maximum absolute atomic E-state index is 10.8. The molecule has 0 unspecified atom stereocenters. The van der Waals surface area contributed by atoms with E-state index in [2.05, 4.69) is 17.3 Å². The number of nitrogens with zero attached hydrogens (tertiary/aromatic N) is 2. The van der Waals surface area contributed by atoms with E-state index in [9.17, 15) is 4.91 Å². The van der Waals surface area contributed by atoms with Crippen LogP contribution in [0.2, 0.25) is 5.02 Å². The molecular weight excluding hydrogens is 220 g/mol. The van der Waals surface area contributed by atoms with Crippen molar-refractivity contribution in [3.05, 3.63) is 46.0 Å². The number of nitroso groups, excluding NO2 is 1. The first kappa shape index (κ1) is 10.7. The maximum atomic E-state index is 10.8. The Balaban J connectivity index is 2.73. The van der Waals surface area contributed by atoms with Crippen molar-refractivity contribution in [1.29, 1.82) is 0 Å². The van der Waals surface area contributed by atoms with E-state index >= 15 is 0 Å². The normalized spacial score (nSPS) is 9.79. The van der Waals surface area contributed by atoms with Gasteiger partial charge in [0.2, 0.25) is 0 Å². The quantitative estimate of drug-likeness (QED) is 0.343. The number of hydrogen-bond donors (Lipinski definition) is 0. The van der Waals surface area contributed by atoms with Crippen molar-refractivity contribution in [1.82, 2.24) is 0 Å². The lowest BCUT2D eigenvalue weighted by Crippen LogP contribution is -1.84. The molecule has 0 spiro atoms. The summed E-state index contributed by atoms with van der Waals surface area (Å²) in [6.07, 6.45) is 2.84. The Morgan fingerprint density at radius 3 is 2.64 bits per heavy atom. The molecule has 0 amide bonds. The second-order valence-corrected chi connectivity index (χ2v) is 2.98. The fourth-order valence-corrected chi connectivity index (χ4v) is 1.00. The summed E-state index contributed by atoms with van der Waals surface area (Å²) in [4.78, 5) is 11.1. The van der Waals surface area contributed by atoms with Gasteiger partial charge in [0.1, 0.15) is 10.3 Å². The highest BCUT2D eigenvalue weighted by atomic mass is 35.5. The molecule has 0 aliphatic rings. The molecule has 1 aromatic carbocycles. The molecule has 3 nitrogen and oxygen atoms in total. The van der Waals surface area contributed by atoms with Gasteiger partial charge in [-0.2, -0.15) is 0 Å². The lowest BCUT2D eigenvalue weighted by Gasteiger charge is -1.89. The molecular formula is C9H6ClN2OS+. The van der Waals surface area contributed by atoms with Gasteiger partial charge in [-0.15, -0.1) is 0 Å². The SMILES string of the molecule is O=[N+](/C=C/c1ccc(Cl)cc1)N=C=S. The van der Waals surface area contributed by atoms with Crippen molar-refractivity contribution in [2.75, 3.05) is 0 Å². The van der Waals surface area contributed by atoms with Crippen LogP contribution in [0.25, 0.3) is 6.08 Å². The van der Waals surface area contributed by atoms with Gasteiger partial charge in [-0.1, -0.05) is 23.7 Å². The van der Waals surface area contributed by atoms with Gasteiger partial charge in [0.15, 0.2) is 4.87 Å². The molecule has 1 aromatic rings.